The molecule has 0 spiro atoms. The van der Waals surface area contributed by atoms with Gasteiger partial charge < -0.3 is 10.2 Å². The molecule has 1 unspecified atom stereocenters. The topological polar surface area (TPSA) is 81.1 Å². The maximum Gasteiger partial charge on any atom is 0.345 e. The third kappa shape index (κ3) is 7.43. The average molecular weight is 527 g/mol. The minimum absolute atomic E-state index is 0.00217. The predicted octanol–water partition coefficient (Wildman–Crippen LogP) is 4.83. The molecule has 0 saturated carbocycles. The van der Waals surface area contributed by atoms with Crippen LogP contribution in [-0.4, -0.2) is 62.9 Å². The van der Waals surface area contributed by atoms with Crippen LogP contribution in [0, 0.1) is 11.8 Å². The van der Waals surface area contributed by atoms with Crippen LogP contribution in [0.1, 0.15) is 37.7 Å². The molecule has 1 saturated heterocycles. The lowest BCUT2D eigenvalue weighted by Gasteiger charge is -2.38. The van der Waals surface area contributed by atoms with Crippen LogP contribution in [0.3, 0.4) is 0 Å². The van der Waals surface area contributed by atoms with Gasteiger partial charge in [-0.25, -0.2) is 9.80 Å². The van der Waals surface area contributed by atoms with Crippen molar-refractivity contribution in [2.75, 3.05) is 25.4 Å². The fourth-order valence-corrected chi connectivity index (χ4v) is 6.04. The molecule has 6 nitrogen and oxygen atoms in total. The largest absolute Gasteiger partial charge is 0.477 e. The Morgan fingerprint density at radius 3 is 2.74 bits per heavy atom. The van der Waals surface area contributed by atoms with E-state index in [0.29, 0.717) is 37.2 Å². The number of aromatic carboxylic acids is 1. The standard InChI is InChI=1S/C26H26N2O4S3/c29-22(17-21-3-1-2-19(16-21)4-5-20-10-14-33-18-20)8-11-27-13-15-34-26(32)28(27)12-9-23-6-7-24(35-23)25(30)31/h1-3,6-7,10,14,16,18,22,29H,8-9,11-13,15,17H2,(H,30,31). The monoisotopic (exact) mass is 526 g/mol. The second-order valence-electron chi connectivity index (χ2n) is 8.12. The summed E-state index contributed by atoms with van der Waals surface area (Å²) in [4.78, 5) is 24.9. The molecular formula is C26H26N2O4S3. The van der Waals surface area contributed by atoms with Gasteiger partial charge in [0, 0.05) is 53.2 Å². The number of hydrogen-bond acceptors (Lipinski definition) is 7. The molecule has 1 aromatic carbocycles. The molecule has 0 aliphatic carbocycles. The van der Waals surface area contributed by atoms with E-state index in [4.69, 9.17) is 5.11 Å². The van der Waals surface area contributed by atoms with E-state index >= 15 is 0 Å². The minimum atomic E-state index is -0.929. The van der Waals surface area contributed by atoms with Gasteiger partial charge in [-0.1, -0.05) is 35.7 Å². The Morgan fingerprint density at radius 1 is 1.11 bits per heavy atom. The van der Waals surface area contributed by atoms with Gasteiger partial charge in [-0.2, -0.15) is 11.3 Å². The summed E-state index contributed by atoms with van der Waals surface area (Å²) in [6.45, 7) is 1.81. The minimum Gasteiger partial charge on any atom is -0.477 e. The number of rotatable bonds is 9. The van der Waals surface area contributed by atoms with E-state index in [1.807, 2.05) is 52.2 Å². The molecule has 35 heavy (non-hydrogen) atoms. The molecule has 0 radical (unpaired) electrons. The van der Waals surface area contributed by atoms with Crippen LogP contribution < -0.4 is 0 Å². The molecule has 4 rings (SSSR count). The number of carboxylic acids is 1. The summed E-state index contributed by atoms with van der Waals surface area (Å²) < 4.78 is 0. The number of carbonyl (C=O) groups is 2. The first-order valence-electron chi connectivity index (χ1n) is 11.3. The van der Waals surface area contributed by atoms with Gasteiger partial charge in [0.2, 0.25) is 0 Å². The smallest absolute Gasteiger partial charge is 0.345 e. The summed E-state index contributed by atoms with van der Waals surface area (Å²) in [6.07, 6.45) is 1.14. The summed E-state index contributed by atoms with van der Waals surface area (Å²) in [5, 5.41) is 27.6. The van der Waals surface area contributed by atoms with Crippen molar-refractivity contribution in [1.82, 2.24) is 10.0 Å². The molecule has 1 amide bonds. The molecule has 1 atom stereocenters. The molecule has 9 heteroatoms. The van der Waals surface area contributed by atoms with Crippen molar-refractivity contribution in [3.63, 3.8) is 0 Å². The Balaban J connectivity index is 1.30. The fourth-order valence-electron chi connectivity index (χ4n) is 3.79. The first-order chi connectivity index (χ1) is 17.0. The van der Waals surface area contributed by atoms with Crippen molar-refractivity contribution in [2.45, 2.75) is 25.4 Å². The second-order valence-corrected chi connectivity index (χ2v) is 11.1. The summed E-state index contributed by atoms with van der Waals surface area (Å²) in [7, 11) is 0. The molecule has 182 valence electrons. The van der Waals surface area contributed by atoms with Crippen LogP contribution in [0.2, 0.25) is 0 Å². The Kier molecular flexibility index (Phi) is 9.01. The summed E-state index contributed by atoms with van der Waals surface area (Å²) in [5.41, 5.74) is 2.95. The van der Waals surface area contributed by atoms with E-state index in [1.54, 1.807) is 22.4 Å². The van der Waals surface area contributed by atoms with E-state index in [0.717, 1.165) is 33.9 Å². The molecule has 1 aliphatic rings. The van der Waals surface area contributed by atoms with E-state index in [9.17, 15) is 14.7 Å². The van der Waals surface area contributed by atoms with Gasteiger partial charge in [-0.15, -0.1) is 11.3 Å². The highest BCUT2D eigenvalue weighted by molar-refractivity contribution is 8.13. The van der Waals surface area contributed by atoms with Crippen molar-refractivity contribution in [3.05, 3.63) is 79.7 Å². The number of thiophene rings is 2. The van der Waals surface area contributed by atoms with Gasteiger partial charge in [-0.05, 0) is 54.1 Å². The van der Waals surface area contributed by atoms with Crippen molar-refractivity contribution in [3.8, 4) is 11.8 Å². The first-order valence-corrected chi connectivity index (χ1v) is 14.0. The molecule has 1 fully saturated rings. The van der Waals surface area contributed by atoms with E-state index in [1.165, 1.54) is 23.1 Å². The van der Waals surface area contributed by atoms with E-state index < -0.39 is 12.1 Å². The van der Waals surface area contributed by atoms with Gasteiger partial charge in [0.05, 0.1) is 6.10 Å². The van der Waals surface area contributed by atoms with Crippen LogP contribution in [0.15, 0.2) is 53.2 Å². The van der Waals surface area contributed by atoms with Gasteiger partial charge >= 0.3 is 5.97 Å². The number of carboxylic acid groups (broad SMARTS) is 1. The number of aliphatic hydroxyl groups excluding tert-OH is 1. The Bertz CT molecular complexity index is 1210. The lowest BCUT2D eigenvalue weighted by Crippen LogP contribution is -2.51. The normalized spacial score (nSPS) is 15.0. The predicted molar refractivity (Wildman–Crippen MR) is 142 cm³/mol. The number of nitrogens with zero attached hydrogens (tertiary/aromatic N) is 2. The number of benzene rings is 1. The van der Waals surface area contributed by atoms with E-state index in [-0.39, 0.29) is 5.24 Å². The van der Waals surface area contributed by atoms with Crippen LogP contribution >= 0.6 is 34.4 Å². The highest BCUT2D eigenvalue weighted by Crippen LogP contribution is 2.22. The number of carbonyl (C=O) groups excluding carboxylic acids is 1. The Morgan fingerprint density at radius 2 is 1.97 bits per heavy atom. The third-order valence-corrected chi connectivity index (χ3v) is 8.22. The van der Waals surface area contributed by atoms with Gasteiger partial charge in [0.1, 0.15) is 4.88 Å². The maximum atomic E-state index is 12.5. The van der Waals surface area contributed by atoms with Crippen LogP contribution in [0.5, 0.6) is 0 Å². The Hall–Kier alpha value is -2.61. The number of amides is 1. The summed E-state index contributed by atoms with van der Waals surface area (Å²) >= 11 is 4.16. The molecule has 1 aliphatic heterocycles. The number of thioether (sulfide) groups is 1. The van der Waals surface area contributed by atoms with Crippen LogP contribution in [-0.2, 0) is 12.8 Å². The quantitative estimate of drug-likeness (QED) is 0.389. The molecular weight excluding hydrogens is 500 g/mol. The molecule has 2 aromatic heterocycles. The zero-order chi connectivity index (χ0) is 24.6. The summed E-state index contributed by atoms with van der Waals surface area (Å²) in [6, 6.07) is 13.3. The number of hydrazine groups is 1. The fraction of sp³-hybridized carbons (Fsp3) is 0.308. The van der Waals surface area contributed by atoms with Gasteiger partial charge in [0.25, 0.3) is 5.24 Å². The SMILES string of the molecule is O=C(O)c1ccc(CCN2C(=O)SCCN2CCC(O)Cc2cccc(C#Cc3ccsc3)c2)s1. The number of hydrogen-bond donors (Lipinski definition) is 2. The molecule has 2 N–H and O–H groups in total. The molecule has 3 heterocycles. The van der Waals surface area contributed by atoms with Crippen LogP contribution in [0.4, 0.5) is 4.79 Å². The van der Waals surface area contributed by atoms with Gasteiger partial charge in [-0.3, -0.25) is 9.80 Å². The third-order valence-electron chi connectivity index (χ3n) is 5.56. The highest BCUT2D eigenvalue weighted by Gasteiger charge is 2.27. The van der Waals surface area contributed by atoms with Gasteiger partial charge in [0.15, 0.2) is 0 Å². The maximum absolute atomic E-state index is 12.5. The molecule has 3 aromatic rings. The Labute approximate surface area is 217 Å². The average Bonchev–Trinajstić information content (AvgIpc) is 3.53. The second kappa shape index (κ2) is 12.4. The van der Waals surface area contributed by atoms with Crippen molar-refractivity contribution in [2.24, 2.45) is 0 Å². The summed E-state index contributed by atoms with van der Waals surface area (Å²) in [5.74, 6) is 6.12. The number of aliphatic hydroxyl groups is 1. The molecule has 0 bridgehead atoms. The first kappa shape index (κ1) is 25.5. The zero-order valence-electron chi connectivity index (χ0n) is 19.1. The zero-order valence-corrected chi connectivity index (χ0v) is 21.5. The van der Waals surface area contributed by atoms with Crippen LogP contribution in [0.25, 0.3) is 0 Å². The lowest BCUT2D eigenvalue weighted by atomic mass is 10.0. The highest BCUT2D eigenvalue weighted by atomic mass is 32.2. The van der Waals surface area contributed by atoms with Crippen molar-refractivity contribution < 1.29 is 19.8 Å². The van der Waals surface area contributed by atoms with E-state index in [2.05, 4.69) is 11.8 Å². The van der Waals surface area contributed by atoms with Crippen molar-refractivity contribution >= 4 is 45.6 Å². The lowest BCUT2D eigenvalue weighted by molar-refractivity contribution is 0.0148. The van der Waals surface area contributed by atoms with Crippen molar-refractivity contribution in [1.29, 1.82) is 0 Å².